The molecule has 112 valence electrons. The fraction of sp³-hybridized carbons (Fsp3) is 0.0588. The van der Waals surface area contributed by atoms with Gasteiger partial charge in [-0.3, -0.25) is 4.98 Å². The van der Waals surface area contributed by atoms with Crippen LogP contribution in [0.5, 0.6) is 0 Å². The smallest absolute Gasteiger partial charge is 0.246 e. The number of aromatic nitrogens is 3. The van der Waals surface area contributed by atoms with Crippen molar-refractivity contribution in [1.82, 2.24) is 15.0 Å². The van der Waals surface area contributed by atoms with Gasteiger partial charge in [-0.05, 0) is 42.8 Å². The summed E-state index contributed by atoms with van der Waals surface area (Å²) in [6.07, 6.45) is 4.89. The Bertz CT molecular complexity index is 883. The minimum Gasteiger partial charge on any atom is -0.399 e. The van der Waals surface area contributed by atoms with E-state index in [-0.39, 0.29) is 0 Å². The molecule has 6 heteroatoms. The molecule has 3 rings (SSSR count). The Morgan fingerprint density at radius 1 is 1.22 bits per heavy atom. The lowest BCUT2D eigenvalue weighted by molar-refractivity contribution is 1.17. The zero-order valence-electron chi connectivity index (χ0n) is 12.5. The minimum atomic E-state index is 0.355. The first-order chi connectivity index (χ1) is 11.2. The van der Waals surface area contributed by atoms with E-state index in [0.717, 1.165) is 16.8 Å². The Morgan fingerprint density at radius 3 is 2.78 bits per heavy atom. The van der Waals surface area contributed by atoms with E-state index in [1.165, 1.54) is 6.20 Å². The predicted octanol–water partition coefficient (Wildman–Crippen LogP) is 3.72. The summed E-state index contributed by atoms with van der Waals surface area (Å²) in [5, 5.41) is 3.19. The summed E-state index contributed by atoms with van der Waals surface area (Å²) in [4.78, 5) is 16.2. The van der Waals surface area contributed by atoms with Crippen molar-refractivity contribution < 1.29 is 0 Å². The Kier molecular flexibility index (Phi) is 3.85. The number of benzene rings is 1. The van der Waals surface area contributed by atoms with Gasteiger partial charge in [-0.25, -0.2) is 14.8 Å². The maximum absolute atomic E-state index is 7.29. The van der Waals surface area contributed by atoms with E-state index in [0.29, 0.717) is 23.0 Å². The van der Waals surface area contributed by atoms with Crippen molar-refractivity contribution in [2.24, 2.45) is 0 Å². The van der Waals surface area contributed by atoms with Crippen molar-refractivity contribution in [3.05, 3.63) is 65.9 Å². The number of nitrogens with two attached hydrogens (primary N) is 1. The highest BCUT2D eigenvalue weighted by atomic mass is 15.1. The second-order valence-corrected chi connectivity index (χ2v) is 4.98. The molecular weight excluding hydrogens is 288 g/mol. The van der Waals surface area contributed by atoms with Crippen LogP contribution >= 0.6 is 0 Å². The molecule has 0 spiro atoms. The van der Waals surface area contributed by atoms with E-state index < -0.39 is 0 Å². The number of nitrogen functional groups attached to an aromatic ring is 1. The Hall–Kier alpha value is -3.46. The highest BCUT2D eigenvalue weighted by molar-refractivity contribution is 5.74. The predicted molar refractivity (Wildman–Crippen MR) is 90.4 cm³/mol. The molecule has 3 aromatic rings. The first kappa shape index (κ1) is 14.5. The van der Waals surface area contributed by atoms with E-state index in [9.17, 15) is 0 Å². The van der Waals surface area contributed by atoms with Crippen molar-refractivity contribution in [3.63, 3.8) is 0 Å². The van der Waals surface area contributed by atoms with E-state index in [1.54, 1.807) is 18.5 Å². The molecule has 0 fully saturated rings. The zero-order chi connectivity index (χ0) is 16.2. The van der Waals surface area contributed by atoms with E-state index >= 15 is 0 Å². The Morgan fingerprint density at radius 2 is 2.09 bits per heavy atom. The third-order valence-corrected chi connectivity index (χ3v) is 3.31. The van der Waals surface area contributed by atoms with Crippen molar-refractivity contribution in [2.75, 3.05) is 11.1 Å². The van der Waals surface area contributed by atoms with Gasteiger partial charge in [-0.2, -0.15) is 0 Å². The first-order valence-electron chi connectivity index (χ1n) is 6.95. The third-order valence-electron chi connectivity index (χ3n) is 3.31. The van der Waals surface area contributed by atoms with Crippen LogP contribution in [0.4, 0.5) is 22.9 Å². The number of rotatable bonds is 3. The molecule has 0 aliphatic carbocycles. The fourth-order valence-corrected chi connectivity index (χ4v) is 2.14. The molecule has 3 N–H and O–H groups in total. The molecule has 0 bridgehead atoms. The first-order valence-corrected chi connectivity index (χ1v) is 6.95. The minimum absolute atomic E-state index is 0.355. The molecule has 0 amide bonds. The van der Waals surface area contributed by atoms with E-state index in [1.807, 2.05) is 31.2 Å². The lowest BCUT2D eigenvalue weighted by Crippen LogP contribution is -1.99. The van der Waals surface area contributed by atoms with Gasteiger partial charge >= 0.3 is 0 Å². The molecular formula is C17H14N6. The van der Waals surface area contributed by atoms with Crippen LogP contribution in [0, 0.1) is 13.5 Å². The van der Waals surface area contributed by atoms with Gasteiger partial charge in [0.25, 0.3) is 0 Å². The van der Waals surface area contributed by atoms with Gasteiger partial charge in [-0.15, -0.1) is 0 Å². The molecule has 2 heterocycles. The van der Waals surface area contributed by atoms with Crippen LogP contribution < -0.4 is 11.1 Å². The van der Waals surface area contributed by atoms with Crippen LogP contribution in [-0.4, -0.2) is 15.0 Å². The molecule has 0 aliphatic rings. The van der Waals surface area contributed by atoms with Crippen LogP contribution in [0.25, 0.3) is 16.2 Å². The van der Waals surface area contributed by atoms with Gasteiger partial charge in [0.1, 0.15) is 5.82 Å². The summed E-state index contributed by atoms with van der Waals surface area (Å²) >= 11 is 0. The summed E-state index contributed by atoms with van der Waals surface area (Å²) < 4.78 is 0. The van der Waals surface area contributed by atoms with Crippen molar-refractivity contribution in [2.45, 2.75) is 6.92 Å². The molecule has 0 radical (unpaired) electrons. The third kappa shape index (κ3) is 3.09. The maximum atomic E-state index is 7.29. The molecule has 2 aromatic heterocycles. The molecule has 1 aromatic carbocycles. The average Bonchev–Trinajstić information content (AvgIpc) is 2.58. The summed E-state index contributed by atoms with van der Waals surface area (Å²) in [6.45, 7) is 9.23. The number of hydrogen-bond acceptors (Lipinski definition) is 5. The quantitative estimate of drug-likeness (QED) is 0.569. The standard InChI is InChI=1S/C17H14N6/c1-11-8-13(18)5-6-14(11)22-17-15(19-2)10-21-16(23-17)12-4-3-7-20-9-12/h3-10H,18H2,1H3,(H,21,22,23). The molecule has 6 nitrogen and oxygen atoms in total. The number of aryl methyl sites for hydroxylation is 1. The van der Waals surface area contributed by atoms with Gasteiger partial charge in [0.15, 0.2) is 5.82 Å². The van der Waals surface area contributed by atoms with Crippen LogP contribution in [0.3, 0.4) is 0 Å². The number of hydrogen-bond donors (Lipinski definition) is 2. The van der Waals surface area contributed by atoms with Crippen LogP contribution in [0.2, 0.25) is 0 Å². The van der Waals surface area contributed by atoms with Gasteiger partial charge in [0.05, 0.1) is 6.57 Å². The molecule has 0 aliphatic heterocycles. The number of anilines is 3. The van der Waals surface area contributed by atoms with Gasteiger partial charge in [-0.1, -0.05) is 0 Å². The average molecular weight is 302 g/mol. The summed E-state index contributed by atoms with van der Waals surface area (Å²) in [6, 6.07) is 9.22. The highest BCUT2D eigenvalue weighted by Gasteiger charge is 2.10. The monoisotopic (exact) mass is 302 g/mol. The second kappa shape index (κ2) is 6.12. The lowest BCUT2D eigenvalue weighted by Gasteiger charge is -2.12. The van der Waals surface area contributed by atoms with Crippen molar-refractivity contribution in [1.29, 1.82) is 0 Å². The van der Waals surface area contributed by atoms with Crippen molar-refractivity contribution in [3.8, 4) is 11.4 Å². The fourth-order valence-electron chi connectivity index (χ4n) is 2.14. The highest BCUT2D eigenvalue weighted by Crippen LogP contribution is 2.29. The number of nitrogens with one attached hydrogen (secondary N) is 1. The molecule has 0 saturated carbocycles. The molecule has 0 saturated heterocycles. The Labute approximate surface area is 133 Å². The summed E-state index contributed by atoms with van der Waals surface area (Å²) in [7, 11) is 0. The van der Waals surface area contributed by atoms with Crippen molar-refractivity contribution >= 4 is 22.9 Å². The van der Waals surface area contributed by atoms with Crippen LogP contribution in [0.1, 0.15) is 5.56 Å². The summed E-state index contributed by atoms with van der Waals surface area (Å²) in [5.41, 5.74) is 9.43. The lowest BCUT2D eigenvalue weighted by atomic mass is 10.2. The van der Waals surface area contributed by atoms with Crippen LogP contribution in [-0.2, 0) is 0 Å². The van der Waals surface area contributed by atoms with Gasteiger partial charge in [0, 0.05) is 35.5 Å². The van der Waals surface area contributed by atoms with Crippen LogP contribution in [0.15, 0.2) is 48.9 Å². The summed E-state index contributed by atoms with van der Waals surface area (Å²) in [5.74, 6) is 0.975. The van der Waals surface area contributed by atoms with Gasteiger partial charge in [0.2, 0.25) is 5.69 Å². The zero-order valence-corrected chi connectivity index (χ0v) is 12.5. The topological polar surface area (TPSA) is 81.1 Å². The normalized spacial score (nSPS) is 10.1. The SMILES string of the molecule is [C-]#[N+]c1cnc(-c2cccnc2)nc1Nc1ccc(N)cc1C. The largest absolute Gasteiger partial charge is 0.399 e. The van der Waals surface area contributed by atoms with E-state index in [4.69, 9.17) is 12.3 Å². The van der Waals surface area contributed by atoms with Gasteiger partial charge < -0.3 is 11.1 Å². The molecule has 0 unspecified atom stereocenters. The van der Waals surface area contributed by atoms with E-state index in [2.05, 4.69) is 25.1 Å². The second-order valence-electron chi connectivity index (χ2n) is 4.98. The molecule has 23 heavy (non-hydrogen) atoms. The number of nitrogens with zero attached hydrogens (tertiary/aromatic N) is 4. The maximum Gasteiger partial charge on any atom is 0.246 e. The molecule has 0 atom stereocenters. The Balaban J connectivity index is 2.02. The number of pyridine rings is 1.